The Morgan fingerprint density at radius 2 is 2.38 bits per heavy atom. The van der Waals surface area contributed by atoms with E-state index in [1.54, 1.807) is 11.5 Å². The lowest BCUT2D eigenvalue weighted by Crippen LogP contribution is -2.02. The lowest BCUT2D eigenvalue weighted by atomic mass is 10.7. The third-order valence-corrected chi connectivity index (χ3v) is 2.29. The fourth-order valence-corrected chi connectivity index (χ4v) is 1.51. The summed E-state index contributed by atoms with van der Waals surface area (Å²) < 4.78 is 6.75. The Bertz CT molecular complexity index is 336. The average molecular weight is 250 g/mol. The Morgan fingerprint density at radius 1 is 1.77 bits per heavy atom. The van der Waals surface area contributed by atoms with Gasteiger partial charge in [-0.2, -0.15) is 0 Å². The molecule has 0 spiro atoms. The lowest BCUT2D eigenvalue weighted by molar-refractivity contribution is -0.390. The highest BCUT2D eigenvalue weighted by Gasteiger charge is 2.22. The van der Waals surface area contributed by atoms with E-state index in [2.05, 4.69) is 20.9 Å². The van der Waals surface area contributed by atoms with Gasteiger partial charge in [0.2, 0.25) is 5.82 Å². The molecular formula is C6H8BrN3O3. The highest BCUT2D eigenvalue weighted by Crippen LogP contribution is 2.24. The molecule has 0 bridgehead atoms. The van der Waals surface area contributed by atoms with Crippen LogP contribution >= 0.6 is 15.9 Å². The van der Waals surface area contributed by atoms with Crippen LogP contribution in [0.1, 0.15) is 5.82 Å². The van der Waals surface area contributed by atoms with Gasteiger partial charge in [-0.3, -0.25) is 4.57 Å². The van der Waals surface area contributed by atoms with Crippen LogP contribution in [0.2, 0.25) is 0 Å². The SMILES string of the molecule is COCn1c(C)nc([N+](=O)[O-])c1Br. The normalized spacial score (nSPS) is 10.4. The van der Waals surface area contributed by atoms with Crippen molar-refractivity contribution in [3.8, 4) is 0 Å². The van der Waals surface area contributed by atoms with Crippen molar-refractivity contribution in [3.63, 3.8) is 0 Å². The van der Waals surface area contributed by atoms with Gasteiger partial charge in [0.1, 0.15) is 6.73 Å². The minimum absolute atomic E-state index is 0.186. The van der Waals surface area contributed by atoms with Gasteiger partial charge in [0.25, 0.3) is 0 Å². The quantitative estimate of drug-likeness (QED) is 0.601. The summed E-state index contributed by atoms with van der Waals surface area (Å²) in [5.41, 5.74) is 0. The predicted molar refractivity (Wildman–Crippen MR) is 48.3 cm³/mol. The number of rotatable bonds is 3. The van der Waals surface area contributed by atoms with Gasteiger partial charge < -0.3 is 14.9 Å². The van der Waals surface area contributed by atoms with E-state index in [-0.39, 0.29) is 12.5 Å². The second-order valence-corrected chi connectivity index (χ2v) is 3.13. The first-order chi connectivity index (χ1) is 6.07. The number of halogens is 1. The zero-order valence-corrected chi connectivity index (χ0v) is 8.74. The highest BCUT2D eigenvalue weighted by atomic mass is 79.9. The molecule has 0 aliphatic heterocycles. The molecule has 0 aliphatic rings. The summed E-state index contributed by atoms with van der Waals surface area (Å²) in [4.78, 5) is 13.7. The Hall–Kier alpha value is -0.950. The molecule has 0 saturated carbocycles. The predicted octanol–water partition coefficient (Wildman–Crippen LogP) is 1.47. The smallest absolute Gasteiger partial charge is 0.364 e. The fourth-order valence-electron chi connectivity index (χ4n) is 0.918. The van der Waals surface area contributed by atoms with Crippen molar-refractivity contribution >= 4 is 21.7 Å². The van der Waals surface area contributed by atoms with E-state index >= 15 is 0 Å². The fraction of sp³-hybridized carbons (Fsp3) is 0.500. The Morgan fingerprint density at radius 3 is 2.77 bits per heavy atom. The van der Waals surface area contributed by atoms with E-state index in [1.165, 1.54) is 7.11 Å². The number of nitrogens with zero attached hydrogens (tertiary/aromatic N) is 3. The Balaban J connectivity index is 3.14. The van der Waals surface area contributed by atoms with Gasteiger partial charge in [-0.15, -0.1) is 0 Å². The number of aryl methyl sites for hydroxylation is 1. The van der Waals surface area contributed by atoms with E-state index in [0.29, 0.717) is 10.4 Å². The van der Waals surface area contributed by atoms with Crippen molar-refractivity contribution < 1.29 is 9.66 Å². The number of hydrogen-bond acceptors (Lipinski definition) is 4. The third kappa shape index (κ3) is 1.86. The van der Waals surface area contributed by atoms with Crippen molar-refractivity contribution in [2.24, 2.45) is 0 Å². The minimum atomic E-state index is -0.538. The van der Waals surface area contributed by atoms with Gasteiger partial charge in [-0.25, -0.2) is 0 Å². The molecule has 0 radical (unpaired) electrons. The third-order valence-electron chi connectivity index (χ3n) is 1.51. The van der Waals surface area contributed by atoms with Crippen molar-refractivity contribution in [2.45, 2.75) is 13.7 Å². The van der Waals surface area contributed by atoms with E-state index in [1.807, 2.05) is 0 Å². The van der Waals surface area contributed by atoms with Gasteiger partial charge in [-0.1, -0.05) is 0 Å². The van der Waals surface area contributed by atoms with Crippen molar-refractivity contribution in [1.82, 2.24) is 9.55 Å². The summed E-state index contributed by atoms with van der Waals surface area (Å²) in [6, 6.07) is 0. The van der Waals surface area contributed by atoms with Crippen LogP contribution in [0.3, 0.4) is 0 Å². The van der Waals surface area contributed by atoms with Crippen LogP contribution in [0.15, 0.2) is 4.60 Å². The summed E-state index contributed by atoms with van der Waals surface area (Å²) in [6.07, 6.45) is 0. The first-order valence-corrected chi connectivity index (χ1v) is 4.23. The number of ether oxygens (including phenoxy) is 1. The zero-order valence-electron chi connectivity index (χ0n) is 7.15. The van der Waals surface area contributed by atoms with Crippen molar-refractivity contribution in [1.29, 1.82) is 0 Å². The molecule has 6 nitrogen and oxygen atoms in total. The molecule has 0 atom stereocenters. The summed E-state index contributed by atoms with van der Waals surface area (Å²) in [5.74, 6) is 0.356. The van der Waals surface area contributed by atoms with Crippen LogP contribution in [0.5, 0.6) is 0 Å². The Kier molecular flexibility index (Phi) is 2.99. The topological polar surface area (TPSA) is 70.2 Å². The van der Waals surface area contributed by atoms with E-state index in [9.17, 15) is 10.1 Å². The largest absolute Gasteiger partial charge is 0.396 e. The molecule has 0 aromatic carbocycles. The molecule has 13 heavy (non-hydrogen) atoms. The molecule has 72 valence electrons. The molecule has 0 amide bonds. The molecule has 0 fully saturated rings. The van der Waals surface area contributed by atoms with Gasteiger partial charge in [0.15, 0.2) is 4.60 Å². The number of nitro groups is 1. The van der Waals surface area contributed by atoms with E-state index < -0.39 is 4.92 Å². The molecule has 1 heterocycles. The molecule has 1 aromatic heterocycles. The lowest BCUT2D eigenvalue weighted by Gasteiger charge is -2.00. The number of aromatic nitrogens is 2. The summed E-state index contributed by atoms with van der Waals surface area (Å²) in [5, 5.41) is 10.5. The average Bonchev–Trinajstić information content (AvgIpc) is 2.32. The van der Waals surface area contributed by atoms with Crippen LogP contribution in [0.4, 0.5) is 5.82 Å². The molecule has 0 saturated heterocycles. The Labute approximate surface area is 82.8 Å². The number of methoxy groups -OCH3 is 1. The molecule has 1 rings (SSSR count). The number of imidazole rings is 1. The monoisotopic (exact) mass is 249 g/mol. The maximum absolute atomic E-state index is 10.5. The highest BCUT2D eigenvalue weighted by molar-refractivity contribution is 9.10. The van der Waals surface area contributed by atoms with Crippen LogP contribution < -0.4 is 0 Å². The second kappa shape index (κ2) is 3.84. The van der Waals surface area contributed by atoms with E-state index in [0.717, 1.165) is 0 Å². The van der Waals surface area contributed by atoms with Gasteiger partial charge in [0.05, 0.1) is 0 Å². The maximum atomic E-state index is 10.5. The van der Waals surface area contributed by atoms with Crippen LogP contribution in [0, 0.1) is 17.0 Å². The second-order valence-electron chi connectivity index (χ2n) is 2.38. The van der Waals surface area contributed by atoms with E-state index in [4.69, 9.17) is 4.74 Å². The molecule has 0 unspecified atom stereocenters. The summed E-state index contributed by atoms with van der Waals surface area (Å²) >= 11 is 3.08. The van der Waals surface area contributed by atoms with Crippen LogP contribution in [0.25, 0.3) is 0 Å². The summed E-state index contributed by atoms with van der Waals surface area (Å²) in [6.45, 7) is 1.92. The summed E-state index contributed by atoms with van der Waals surface area (Å²) in [7, 11) is 1.51. The molecule has 7 heteroatoms. The standard InChI is InChI=1S/C6H8BrN3O3/c1-4-8-6(10(11)12)5(7)9(4)3-13-2/h3H2,1-2H3. The van der Waals surface area contributed by atoms with Crippen LogP contribution in [-0.4, -0.2) is 21.6 Å². The molecule has 1 aromatic rings. The van der Waals surface area contributed by atoms with Gasteiger partial charge >= 0.3 is 5.82 Å². The van der Waals surface area contributed by atoms with Crippen molar-refractivity contribution in [2.75, 3.05) is 7.11 Å². The van der Waals surface area contributed by atoms with Crippen LogP contribution in [-0.2, 0) is 11.5 Å². The first kappa shape index (κ1) is 10.1. The van der Waals surface area contributed by atoms with Gasteiger partial charge in [-0.05, 0) is 25.8 Å². The van der Waals surface area contributed by atoms with Gasteiger partial charge in [0, 0.05) is 14.0 Å². The first-order valence-electron chi connectivity index (χ1n) is 3.44. The molecular weight excluding hydrogens is 242 g/mol. The zero-order chi connectivity index (χ0) is 10.0. The number of hydrogen-bond donors (Lipinski definition) is 0. The maximum Gasteiger partial charge on any atom is 0.396 e. The molecule has 0 N–H and O–H groups in total. The van der Waals surface area contributed by atoms with Crippen molar-refractivity contribution in [3.05, 3.63) is 20.5 Å². The molecule has 0 aliphatic carbocycles. The minimum Gasteiger partial charge on any atom is -0.364 e.